The molecule has 3 atom stereocenters. The van der Waals surface area contributed by atoms with Crippen molar-refractivity contribution in [2.75, 3.05) is 13.1 Å². The first-order valence-electron chi connectivity index (χ1n) is 12.1. The number of aryl methyl sites for hydroxylation is 2. The highest BCUT2D eigenvalue weighted by Gasteiger charge is 2.44. The molecule has 1 aliphatic carbocycles. The fourth-order valence-corrected chi connectivity index (χ4v) is 5.38. The Balaban J connectivity index is 1.51. The van der Waals surface area contributed by atoms with Crippen LogP contribution >= 0.6 is 0 Å². The van der Waals surface area contributed by atoms with E-state index in [2.05, 4.69) is 6.92 Å². The van der Waals surface area contributed by atoms with E-state index in [0.717, 1.165) is 61.5 Å². The Bertz CT molecular complexity index is 1040. The number of rotatable bonds is 6. The molecule has 6 nitrogen and oxygen atoms in total. The highest BCUT2D eigenvalue weighted by atomic mass is 16.5. The van der Waals surface area contributed by atoms with Gasteiger partial charge in [-0.1, -0.05) is 26.2 Å². The molecule has 2 fully saturated rings. The van der Waals surface area contributed by atoms with Crippen molar-refractivity contribution in [3.63, 3.8) is 0 Å². The van der Waals surface area contributed by atoms with Gasteiger partial charge in [-0.2, -0.15) is 0 Å². The molecule has 6 heteroatoms. The maximum absolute atomic E-state index is 13.1. The third-order valence-corrected chi connectivity index (χ3v) is 7.39. The number of likely N-dealkylation sites (tertiary alicyclic amines) is 1. The van der Waals surface area contributed by atoms with Gasteiger partial charge in [0.25, 0.3) is 5.91 Å². The number of aliphatic hydroxyl groups is 1. The Hall–Kier alpha value is -2.34. The topological polar surface area (TPSA) is 80.0 Å². The van der Waals surface area contributed by atoms with E-state index in [4.69, 9.17) is 9.15 Å². The monoisotopic (exact) mass is 441 g/mol. The summed E-state index contributed by atoms with van der Waals surface area (Å²) in [5.41, 5.74) is 1.29. The summed E-state index contributed by atoms with van der Waals surface area (Å²) >= 11 is 0. The number of benzene rings is 1. The Kier molecular flexibility index (Phi) is 6.61. The van der Waals surface area contributed by atoms with Crippen molar-refractivity contribution in [3.05, 3.63) is 39.7 Å². The number of ether oxygens (including phenoxy) is 1. The van der Waals surface area contributed by atoms with Crippen LogP contribution in [0.15, 0.2) is 27.4 Å². The van der Waals surface area contributed by atoms with Crippen LogP contribution < -0.4 is 10.4 Å². The van der Waals surface area contributed by atoms with Gasteiger partial charge < -0.3 is 19.2 Å². The number of carbonyl (C=O) groups is 1. The van der Waals surface area contributed by atoms with Crippen molar-refractivity contribution in [1.29, 1.82) is 0 Å². The van der Waals surface area contributed by atoms with E-state index < -0.39 is 11.7 Å². The number of piperidine rings is 1. The van der Waals surface area contributed by atoms with E-state index in [-0.39, 0.29) is 17.5 Å². The molecule has 1 aromatic heterocycles. The summed E-state index contributed by atoms with van der Waals surface area (Å²) < 4.78 is 11.6. The summed E-state index contributed by atoms with van der Waals surface area (Å²) in [5.74, 6) is 0.648. The number of fused-ring (bicyclic) bond motifs is 2. The molecule has 0 unspecified atom stereocenters. The lowest BCUT2D eigenvalue weighted by molar-refractivity contribution is -0.149. The average molecular weight is 442 g/mol. The molecule has 1 N–H and O–H groups in total. The number of carbonyl (C=O) groups excluding carboxylic acids is 1. The molecular formula is C26H35NO5. The van der Waals surface area contributed by atoms with Crippen molar-refractivity contribution in [2.24, 2.45) is 5.92 Å². The van der Waals surface area contributed by atoms with Gasteiger partial charge in [-0.15, -0.1) is 0 Å². The molecule has 0 radical (unpaired) electrons. The van der Waals surface area contributed by atoms with E-state index >= 15 is 0 Å². The number of amides is 1. The molecule has 2 heterocycles. The minimum Gasteiger partial charge on any atom is -0.480 e. The minimum atomic E-state index is -0.657. The summed E-state index contributed by atoms with van der Waals surface area (Å²) in [6.07, 6.45) is 6.86. The van der Waals surface area contributed by atoms with Crippen LogP contribution in [-0.4, -0.2) is 40.7 Å². The first-order valence-corrected chi connectivity index (χ1v) is 12.1. The normalized spacial score (nSPS) is 24.2. The molecule has 1 saturated heterocycles. The summed E-state index contributed by atoms with van der Waals surface area (Å²) in [6.45, 7) is 6.91. The molecule has 4 rings (SSSR count). The molecule has 1 aromatic carbocycles. The standard InChI is InChI=1S/C26H35NO5/c1-4-5-8-19-15-23(28)32-24-17(2)22(11-10-21(19)24)31-18(3)25(29)27-14-13-26(30)12-7-6-9-20(26)16-27/h10-11,15,18,20,30H,4-9,12-14,16H2,1-3H3/t18-,20+,26+/m0/s1. The van der Waals surface area contributed by atoms with Crippen LogP contribution in [0, 0.1) is 12.8 Å². The van der Waals surface area contributed by atoms with Crippen LogP contribution in [0.5, 0.6) is 5.75 Å². The zero-order valence-corrected chi connectivity index (χ0v) is 19.5. The van der Waals surface area contributed by atoms with Crippen LogP contribution in [-0.2, 0) is 11.2 Å². The van der Waals surface area contributed by atoms with Gasteiger partial charge >= 0.3 is 5.63 Å². The van der Waals surface area contributed by atoms with E-state index in [1.807, 2.05) is 24.0 Å². The predicted octanol–water partition coefficient (Wildman–Crippen LogP) is 4.36. The fraction of sp³-hybridized carbons (Fsp3) is 0.615. The van der Waals surface area contributed by atoms with E-state index in [1.54, 1.807) is 13.0 Å². The molecule has 0 bridgehead atoms. The van der Waals surface area contributed by atoms with Crippen molar-refractivity contribution in [2.45, 2.75) is 83.8 Å². The van der Waals surface area contributed by atoms with Gasteiger partial charge in [0.2, 0.25) is 0 Å². The third-order valence-electron chi connectivity index (χ3n) is 7.39. The second kappa shape index (κ2) is 9.26. The van der Waals surface area contributed by atoms with Crippen molar-refractivity contribution in [1.82, 2.24) is 4.90 Å². The molecular weight excluding hydrogens is 406 g/mol. The molecule has 2 aliphatic rings. The molecule has 1 aliphatic heterocycles. The van der Waals surface area contributed by atoms with Gasteiger partial charge in [0.05, 0.1) is 5.60 Å². The lowest BCUT2D eigenvalue weighted by Crippen LogP contribution is -2.56. The highest BCUT2D eigenvalue weighted by Crippen LogP contribution is 2.40. The van der Waals surface area contributed by atoms with Crippen molar-refractivity contribution in [3.8, 4) is 5.75 Å². The molecule has 0 spiro atoms. The van der Waals surface area contributed by atoms with Crippen LogP contribution in [0.4, 0.5) is 0 Å². The molecule has 2 aromatic rings. The maximum Gasteiger partial charge on any atom is 0.336 e. The number of nitrogens with zero attached hydrogens (tertiary/aromatic N) is 1. The minimum absolute atomic E-state index is 0.0599. The average Bonchev–Trinajstić information content (AvgIpc) is 2.78. The highest BCUT2D eigenvalue weighted by molar-refractivity contribution is 5.85. The van der Waals surface area contributed by atoms with Gasteiger partial charge in [0.15, 0.2) is 6.10 Å². The zero-order valence-electron chi connectivity index (χ0n) is 19.5. The summed E-state index contributed by atoms with van der Waals surface area (Å²) in [5, 5.41) is 11.8. The lowest BCUT2D eigenvalue weighted by atomic mass is 9.71. The Morgan fingerprint density at radius 1 is 1.34 bits per heavy atom. The van der Waals surface area contributed by atoms with E-state index in [0.29, 0.717) is 30.8 Å². The number of hydrogen-bond donors (Lipinski definition) is 1. The fourth-order valence-electron chi connectivity index (χ4n) is 5.38. The van der Waals surface area contributed by atoms with Gasteiger partial charge in [0, 0.05) is 36.0 Å². The van der Waals surface area contributed by atoms with Crippen LogP contribution in [0.2, 0.25) is 0 Å². The molecule has 1 saturated carbocycles. The van der Waals surface area contributed by atoms with Gasteiger partial charge in [-0.25, -0.2) is 4.79 Å². The van der Waals surface area contributed by atoms with Gasteiger partial charge in [-0.3, -0.25) is 4.79 Å². The first-order chi connectivity index (χ1) is 15.3. The largest absolute Gasteiger partial charge is 0.480 e. The van der Waals surface area contributed by atoms with E-state index in [9.17, 15) is 14.7 Å². The van der Waals surface area contributed by atoms with Gasteiger partial charge in [-0.05, 0) is 63.6 Å². The zero-order chi connectivity index (χ0) is 22.9. The van der Waals surface area contributed by atoms with Gasteiger partial charge in [0.1, 0.15) is 11.3 Å². The summed E-state index contributed by atoms with van der Waals surface area (Å²) in [4.78, 5) is 27.1. The number of hydrogen-bond acceptors (Lipinski definition) is 5. The molecule has 174 valence electrons. The van der Waals surface area contributed by atoms with Crippen LogP contribution in [0.25, 0.3) is 11.0 Å². The van der Waals surface area contributed by atoms with Crippen LogP contribution in [0.3, 0.4) is 0 Å². The lowest BCUT2D eigenvalue weighted by Gasteiger charge is -2.47. The van der Waals surface area contributed by atoms with Crippen molar-refractivity contribution < 1.29 is 19.1 Å². The smallest absolute Gasteiger partial charge is 0.336 e. The molecule has 32 heavy (non-hydrogen) atoms. The summed E-state index contributed by atoms with van der Waals surface area (Å²) in [6, 6.07) is 5.37. The Morgan fingerprint density at radius 3 is 2.94 bits per heavy atom. The first kappa shape index (κ1) is 22.8. The second-order valence-corrected chi connectivity index (χ2v) is 9.60. The Labute approximate surface area is 189 Å². The number of unbranched alkanes of at least 4 members (excludes halogenated alkanes) is 1. The van der Waals surface area contributed by atoms with Crippen LogP contribution in [0.1, 0.15) is 69.9 Å². The summed E-state index contributed by atoms with van der Waals surface area (Å²) in [7, 11) is 0. The molecule has 1 amide bonds. The SMILES string of the molecule is CCCCc1cc(=O)oc2c(C)c(O[C@@H](C)C(=O)N3CC[C@]4(O)CCCC[C@@H]4C3)ccc12. The van der Waals surface area contributed by atoms with Crippen molar-refractivity contribution >= 4 is 16.9 Å². The maximum atomic E-state index is 13.1. The Morgan fingerprint density at radius 2 is 2.16 bits per heavy atom. The second-order valence-electron chi connectivity index (χ2n) is 9.60. The van der Waals surface area contributed by atoms with E-state index in [1.165, 1.54) is 0 Å². The quantitative estimate of drug-likeness (QED) is 0.674. The third kappa shape index (κ3) is 4.42. The predicted molar refractivity (Wildman–Crippen MR) is 124 cm³/mol.